The predicted molar refractivity (Wildman–Crippen MR) is 50.6 cm³/mol. The van der Waals surface area contributed by atoms with Gasteiger partial charge in [0.1, 0.15) is 6.04 Å². The summed E-state index contributed by atoms with van der Waals surface area (Å²) in [5, 5.41) is 8.76. The molecule has 3 N–H and O–H groups in total. The smallest absolute Gasteiger partial charge is 0.242 e. The molecule has 5 nitrogen and oxygen atoms in total. The fourth-order valence-electron chi connectivity index (χ4n) is 1.89. The molecule has 2 atom stereocenters. The highest BCUT2D eigenvalue weighted by molar-refractivity contribution is 5.90. The molecule has 14 heavy (non-hydrogen) atoms. The van der Waals surface area contributed by atoms with E-state index in [9.17, 15) is 9.59 Å². The molecule has 5 heteroatoms. The van der Waals surface area contributed by atoms with Gasteiger partial charge in [0.2, 0.25) is 11.8 Å². The minimum Gasteiger partial charge on any atom is -0.350 e. The maximum Gasteiger partial charge on any atom is 0.242 e. The van der Waals surface area contributed by atoms with E-state index in [1.165, 1.54) is 0 Å². The van der Waals surface area contributed by atoms with Crippen LogP contribution >= 0.6 is 0 Å². The van der Waals surface area contributed by atoms with Gasteiger partial charge in [0, 0.05) is 19.0 Å². The van der Waals surface area contributed by atoms with E-state index >= 15 is 0 Å². The molecule has 2 fully saturated rings. The van der Waals surface area contributed by atoms with Crippen LogP contribution in [-0.4, -0.2) is 37.0 Å². The average molecular weight is 197 g/mol. The molecule has 0 aromatic rings. The van der Waals surface area contributed by atoms with Crippen LogP contribution in [0.1, 0.15) is 19.3 Å². The Morgan fingerprint density at radius 1 is 1.43 bits per heavy atom. The van der Waals surface area contributed by atoms with Crippen LogP contribution in [0.5, 0.6) is 0 Å². The molecule has 2 saturated heterocycles. The molecule has 0 bridgehead atoms. The van der Waals surface area contributed by atoms with Crippen molar-refractivity contribution in [2.75, 3.05) is 13.1 Å². The second-order valence-corrected chi connectivity index (χ2v) is 3.86. The summed E-state index contributed by atoms with van der Waals surface area (Å²) in [6, 6.07) is -0.0666. The minimum absolute atomic E-state index is 0.0188. The highest BCUT2D eigenvalue weighted by Crippen LogP contribution is 2.07. The number of nitrogens with one attached hydrogen (secondary N) is 3. The fraction of sp³-hybridized carbons (Fsp3) is 0.778. The molecule has 2 heterocycles. The van der Waals surface area contributed by atoms with Crippen LogP contribution in [0, 0.1) is 0 Å². The van der Waals surface area contributed by atoms with Crippen LogP contribution in [-0.2, 0) is 9.59 Å². The van der Waals surface area contributed by atoms with Crippen LogP contribution < -0.4 is 16.0 Å². The van der Waals surface area contributed by atoms with Crippen molar-refractivity contribution in [3.8, 4) is 0 Å². The summed E-state index contributed by atoms with van der Waals surface area (Å²) in [4.78, 5) is 22.5. The third-order valence-corrected chi connectivity index (χ3v) is 2.72. The van der Waals surface area contributed by atoms with Gasteiger partial charge in [-0.1, -0.05) is 0 Å². The molecular formula is C9H15N3O2. The number of carbonyl (C=O) groups is 2. The van der Waals surface area contributed by atoms with E-state index in [0.717, 1.165) is 19.5 Å². The van der Waals surface area contributed by atoms with Crippen LogP contribution in [0.4, 0.5) is 0 Å². The van der Waals surface area contributed by atoms with Crippen LogP contribution in [0.3, 0.4) is 0 Å². The SMILES string of the molecule is O=C1CC[C@@H](C(=O)N[C@@H]2CCNC2)N1. The second kappa shape index (κ2) is 3.96. The van der Waals surface area contributed by atoms with Gasteiger partial charge >= 0.3 is 0 Å². The molecule has 0 unspecified atom stereocenters. The normalized spacial score (nSPS) is 31.6. The highest BCUT2D eigenvalue weighted by Gasteiger charge is 2.28. The van der Waals surface area contributed by atoms with Crippen LogP contribution in [0.2, 0.25) is 0 Å². The quantitative estimate of drug-likeness (QED) is 0.517. The van der Waals surface area contributed by atoms with Crippen molar-refractivity contribution in [3.63, 3.8) is 0 Å². The highest BCUT2D eigenvalue weighted by atomic mass is 16.2. The van der Waals surface area contributed by atoms with Gasteiger partial charge in [-0.25, -0.2) is 0 Å². The van der Waals surface area contributed by atoms with Crippen molar-refractivity contribution in [1.29, 1.82) is 0 Å². The maximum absolute atomic E-state index is 11.6. The Balaban J connectivity index is 1.80. The summed E-state index contributed by atoms with van der Waals surface area (Å²) in [5.41, 5.74) is 0. The van der Waals surface area contributed by atoms with Crippen molar-refractivity contribution in [3.05, 3.63) is 0 Å². The van der Waals surface area contributed by atoms with Gasteiger partial charge in [0.25, 0.3) is 0 Å². The lowest BCUT2D eigenvalue weighted by Crippen LogP contribution is -2.46. The Bertz CT molecular complexity index is 248. The van der Waals surface area contributed by atoms with Gasteiger partial charge in [-0.3, -0.25) is 9.59 Å². The average Bonchev–Trinajstić information content (AvgIpc) is 2.75. The Hall–Kier alpha value is -1.10. The molecule has 78 valence electrons. The monoisotopic (exact) mass is 197 g/mol. The third kappa shape index (κ3) is 2.04. The zero-order valence-corrected chi connectivity index (χ0v) is 8.01. The van der Waals surface area contributed by atoms with Crippen LogP contribution in [0.15, 0.2) is 0 Å². The lowest BCUT2D eigenvalue weighted by molar-refractivity contribution is -0.126. The minimum atomic E-state index is -0.303. The molecule has 0 aliphatic carbocycles. The molecule has 2 rings (SSSR count). The van der Waals surface area contributed by atoms with Gasteiger partial charge in [-0.2, -0.15) is 0 Å². The van der Waals surface area contributed by atoms with Crippen molar-refractivity contribution >= 4 is 11.8 Å². The summed E-state index contributed by atoms with van der Waals surface area (Å²) in [6.07, 6.45) is 2.08. The summed E-state index contributed by atoms with van der Waals surface area (Å²) in [5.74, 6) is -0.0563. The summed E-state index contributed by atoms with van der Waals surface area (Å²) >= 11 is 0. The van der Waals surface area contributed by atoms with Crippen molar-refractivity contribution in [1.82, 2.24) is 16.0 Å². The molecule has 2 aliphatic heterocycles. The fourth-order valence-corrected chi connectivity index (χ4v) is 1.89. The van der Waals surface area contributed by atoms with Gasteiger partial charge in [-0.15, -0.1) is 0 Å². The molecule has 0 spiro atoms. The van der Waals surface area contributed by atoms with E-state index in [1.54, 1.807) is 0 Å². The second-order valence-electron chi connectivity index (χ2n) is 3.86. The van der Waals surface area contributed by atoms with E-state index in [0.29, 0.717) is 12.8 Å². The van der Waals surface area contributed by atoms with Crippen molar-refractivity contribution in [2.45, 2.75) is 31.3 Å². The maximum atomic E-state index is 11.6. The molecular weight excluding hydrogens is 182 g/mol. The van der Waals surface area contributed by atoms with Gasteiger partial charge in [-0.05, 0) is 19.4 Å². The van der Waals surface area contributed by atoms with Crippen LogP contribution in [0.25, 0.3) is 0 Å². The van der Waals surface area contributed by atoms with E-state index in [1.807, 2.05) is 0 Å². The molecule has 0 saturated carbocycles. The third-order valence-electron chi connectivity index (χ3n) is 2.72. The molecule has 0 radical (unpaired) electrons. The first kappa shape index (κ1) is 9.45. The van der Waals surface area contributed by atoms with E-state index in [4.69, 9.17) is 0 Å². The number of rotatable bonds is 2. The topological polar surface area (TPSA) is 70.2 Å². The lowest BCUT2D eigenvalue weighted by Gasteiger charge is -2.15. The molecule has 2 amide bonds. The molecule has 0 aromatic carbocycles. The zero-order chi connectivity index (χ0) is 9.97. The first-order valence-electron chi connectivity index (χ1n) is 5.06. The predicted octanol–water partition coefficient (Wildman–Crippen LogP) is -1.26. The number of carbonyl (C=O) groups excluding carboxylic acids is 2. The van der Waals surface area contributed by atoms with Gasteiger partial charge in [0.15, 0.2) is 0 Å². The number of hydrogen-bond donors (Lipinski definition) is 3. The number of amides is 2. The summed E-state index contributed by atoms with van der Waals surface area (Å²) in [7, 11) is 0. The molecule has 2 aliphatic rings. The first-order chi connectivity index (χ1) is 6.75. The number of hydrogen-bond acceptors (Lipinski definition) is 3. The van der Waals surface area contributed by atoms with Crippen molar-refractivity contribution in [2.24, 2.45) is 0 Å². The summed E-state index contributed by atoms with van der Waals surface area (Å²) in [6.45, 7) is 1.80. The van der Waals surface area contributed by atoms with E-state index in [2.05, 4.69) is 16.0 Å². The lowest BCUT2D eigenvalue weighted by atomic mass is 10.2. The van der Waals surface area contributed by atoms with E-state index < -0.39 is 0 Å². The summed E-state index contributed by atoms with van der Waals surface area (Å²) < 4.78 is 0. The molecule has 0 aromatic heterocycles. The first-order valence-corrected chi connectivity index (χ1v) is 5.06. The standard InChI is InChI=1S/C9H15N3O2/c13-8-2-1-7(12-8)9(14)11-6-3-4-10-5-6/h6-7,10H,1-5H2,(H,11,14)(H,12,13)/t6-,7+/m1/s1. The largest absolute Gasteiger partial charge is 0.350 e. The Morgan fingerprint density at radius 3 is 2.86 bits per heavy atom. The Kier molecular flexibility index (Phi) is 2.67. The Morgan fingerprint density at radius 2 is 2.29 bits per heavy atom. The van der Waals surface area contributed by atoms with Crippen molar-refractivity contribution < 1.29 is 9.59 Å². The van der Waals surface area contributed by atoms with Gasteiger partial charge < -0.3 is 16.0 Å². The van der Waals surface area contributed by atoms with E-state index in [-0.39, 0.29) is 23.9 Å². The Labute approximate surface area is 82.6 Å². The zero-order valence-electron chi connectivity index (χ0n) is 8.01. The van der Waals surface area contributed by atoms with Gasteiger partial charge in [0.05, 0.1) is 0 Å².